The Kier molecular flexibility index (Phi) is 9.66. The van der Waals surface area contributed by atoms with Crippen LogP contribution in [0.5, 0.6) is 28.7 Å². The molecule has 7 nitrogen and oxygen atoms in total. The summed E-state index contributed by atoms with van der Waals surface area (Å²) in [5.74, 6) is 1.32. The first kappa shape index (κ1) is 28.4. The molecule has 4 rings (SSSR count). The SMILES string of the molecule is COc1cc(CCC(O)C2(C(O)CCc3ccc(O)c(OC4CCCCC4)c3)CCCC2)cc(OC)c1O. The van der Waals surface area contributed by atoms with Gasteiger partial charge in [-0.05, 0) is 99.6 Å². The number of aliphatic hydroxyl groups is 2. The van der Waals surface area contributed by atoms with Gasteiger partial charge in [0.2, 0.25) is 5.75 Å². The summed E-state index contributed by atoms with van der Waals surface area (Å²) in [5, 5.41) is 43.3. The van der Waals surface area contributed by atoms with E-state index in [-0.39, 0.29) is 17.6 Å². The number of phenolic OH excluding ortho intramolecular Hbond substituents is 2. The number of aryl methyl sites for hydroxylation is 2. The molecule has 4 N–H and O–H groups in total. The Morgan fingerprint density at radius 1 is 0.763 bits per heavy atom. The number of hydrogen-bond acceptors (Lipinski definition) is 7. The van der Waals surface area contributed by atoms with Gasteiger partial charge >= 0.3 is 0 Å². The summed E-state index contributed by atoms with van der Waals surface area (Å²) >= 11 is 0. The maximum atomic E-state index is 11.4. The van der Waals surface area contributed by atoms with Crippen LogP contribution in [0, 0.1) is 5.41 Å². The van der Waals surface area contributed by atoms with Crippen LogP contribution in [0.4, 0.5) is 0 Å². The van der Waals surface area contributed by atoms with Gasteiger partial charge in [-0.1, -0.05) is 25.3 Å². The number of rotatable bonds is 12. The molecule has 0 heterocycles. The Labute approximate surface area is 226 Å². The normalized spacial score (nSPS) is 19.2. The summed E-state index contributed by atoms with van der Waals surface area (Å²) < 4.78 is 16.7. The topological polar surface area (TPSA) is 109 Å². The summed E-state index contributed by atoms with van der Waals surface area (Å²) in [7, 11) is 2.99. The maximum Gasteiger partial charge on any atom is 0.200 e. The van der Waals surface area contributed by atoms with E-state index in [1.165, 1.54) is 20.6 Å². The van der Waals surface area contributed by atoms with E-state index < -0.39 is 17.6 Å². The van der Waals surface area contributed by atoms with Crippen LogP contribution in [0.3, 0.4) is 0 Å². The number of aliphatic hydroxyl groups excluding tert-OH is 2. The third-order valence-corrected chi connectivity index (χ3v) is 8.68. The van der Waals surface area contributed by atoms with Gasteiger partial charge in [0.15, 0.2) is 23.0 Å². The second kappa shape index (κ2) is 12.9. The number of benzene rings is 2. The molecular formula is C31H44O7. The van der Waals surface area contributed by atoms with Crippen LogP contribution in [-0.2, 0) is 12.8 Å². The average Bonchev–Trinajstić information content (AvgIpc) is 3.44. The van der Waals surface area contributed by atoms with E-state index in [4.69, 9.17) is 14.2 Å². The van der Waals surface area contributed by atoms with Gasteiger partial charge in [0.05, 0.1) is 32.5 Å². The van der Waals surface area contributed by atoms with E-state index in [1.807, 2.05) is 12.1 Å². The molecule has 0 amide bonds. The summed E-state index contributed by atoms with van der Waals surface area (Å²) in [6.45, 7) is 0. The summed E-state index contributed by atoms with van der Waals surface area (Å²) in [6, 6.07) is 9.00. The minimum atomic E-state index is -0.657. The Balaban J connectivity index is 1.39. The van der Waals surface area contributed by atoms with Gasteiger partial charge in [0.1, 0.15) is 0 Å². The van der Waals surface area contributed by atoms with Crippen LogP contribution in [0.2, 0.25) is 0 Å². The van der Waals surface area contributed by atoms with Gasteiger partial charge in [-0.2, -0.15) is 0 Å². The third kappa shape index (κ3) is 6.49. The van der Waals surface area contributed by atoms with Gasteiger partial charge in [-0.3, -0.25) is 0 Å². The van der Waals surface area contributed by atoms with Crippen molar-refractivity contribution in [3.05, 3.63) is 41.5 Å². The lowest BCUT2D eigenvalue weighted by Gasteiger charge is -2.39. The number of ether oxygens (including phenoxy) is 3. The zero-order valence-corrected chi connectivity index (χ0v) is 22.8. The fourth-order valence-corrected chi connectivity index (χ4v) is 6.37. The zero-order valence-electron chi connectivity index (χ0n) is 22.8. The van der Waals surface area contributed by atoms with E-state index in [2.05, 4.69) is 0 Å². The molecule has 0 bridgehead atoms. The average molecular weight is 529 g/mol. The first-order chi connectivity index (χ1) is 18.4. The fourth-order valence-electron chi connectivity index (χ4n) is 6.37. The van der Waals surface area contributed by atoms with E-state index >= 15 is 0 Å². The molecule has 2 aromatic carbocycles. The van der Waals surface area contributed by atoms with Crippen molar-refractivity contribution in [1.82, 2.24) is 0 Å². The molecule has 2 atom stereocenters. The van der Waals surface area contributed by atoms with E-state index in [0.717, 1.165) is 62.5 Å². The van der Waals surface area contributed by atoms with Crippen molar-refractivity contribution in [2.45, 2.75) is 102 Å². The minimum absolute atomic E-state index is 0.0384. The Morgan fingerprint density at radius 3 is 1.89 bits per heavy atom. The smallest absolute Gasteiger partial charge is 0.200 e. The number of hydrogen-bond donors (Lipinski definition) is 4. The molecule has 210 valence electrons. The van der Waals surface area contributed by atoms with Crippen molar-refractivity contribution in [1.29, 1.82) is 0 Å². The lowest BCUT2D eigenvalue weighted by Crippen LogP contribution is -2.43. The molecule has 0 aliphatic heterocycles. The van der Waals surface area contributed by atoms with Crippen molar-refractivity contribution in [2.75, 3.05) is 14.2 Å². The minimum Gasteiger partial charge on any atom is -0.504 e. The summed E-state index contributed by atoms with van der Waals surface area (Å²) in [5.41, 5.74) is 1.37. The van der Waals surface area contributed by atoms with Gasteiger partial charge in [0.25, 0.3) is 0 Å². The molecule has 7 heteroatoms. The van der Waals surface area contributed by atoms with Crippen molar-refractivity contribution < 1.29 is 34.6 Å². The van der Waals surface area contributed by atoms with Crippen molar-refractivity contribution in [3.63, 3.8) is 0 Å². The Morgan fingerprint density at radius 2 is 1.32 bits per heavy atom. The van der Waals surface area contributed by atoms with Gasteiger partial charge in [-0.15, -0.1) is 0 Å². The predicted octanol–water partition coefficient (Wildman–Crippen LogP) is 5.67. The highest BCUT2D eigenvalue weighted by Crippen LogP contribution is 2.47. The molecule has 2 aliphatic carbocycles. The molecule has 2 aromatic rings. The van der Waals surface area contributed by atoms with Gasteiger partial charge in [-0.25, -0.2) is 0 Å². The first-order valence-corrected chi connectivity index (χ1v) is 14.1. The Hall–Kier alpha value is -2.64. The van der Waals surface area contributed by atoms with Gasteiger partial charge in [0, 0.05) is 5.41 Å². The van der Waals surface area contributed by atoms with Crippen LogP contribution in [0.15, 0.2) is 30.3 Å². The largest absolute Gasteiger partial charge is 0.504 e. The lowest BCUT2D eigenvalue weighted by atomic mass is 9.72. The van der Waals surface area contributed by atoms with Crippen LogP contribution in [0.1, 0.15) is 81.8 Å². The molecule has 2 aliphatic rings. The van der Waals surface area contributed by atoms with E-state index in [1.54, 1.807) is 18.2 Å². The van der Waals surface area contributed by atoms with Gasteiger partial charge < -0.3 is 34.6 Å². The Bertz CT molecular complexity index is 1020. The molecule has 38 heavy (non-hydrogen) atoms. The highest BCUT2D eigenvalue weighted by atomic mass is 16.5. The van der Waals surface area contributed by atoms with Crippen molar-refractivity contribution in [2.24, 2.45) is 5.41 Å². The van der Waals surface area contributed by atoms with E-state index in [0.29, 0.717) is 42.9 Å². The molecule has 0 spiro atoms. The second-order valence-electron chi connectivity index (χ2n) is 11.1. The molecule has 0 radical (unpaired) electrons. The zero-order chi connectivity index (χ0) is 27.1. The van der Waals surface area contributed by atoms with Crippen LogP contribution < -0.4 is 14.2 Å². The molecular weight excluding hydrogens is 484 g/mol. The number of phenols is 2. The monoisotopic (exact) mass is 528 g/mol. The molecule has 2 saturated carbocycles. The summed E-state index contributed by atoms with van der Waals surface area (Å²) in [6.07, 6.45) is 10.3. The number of methoxy groups -OCH3 is 2. The molecule has 2 fully saturated rings. The highest BCUT2D eigenvalue weighted by Gasteiger charge is 2.45. The van der Waals surface area contributed by atoms with Crippen LogP contribution in [-0.4, -0.2) is 53.0 Å². The maximum absolute atomic E-state index is 11.4. The molecule has 0 saturated heterocycles. The third-order valence-electron chi connectivity index (χ3n) is 8.68. The lowest BCUT2D eigenvalue weighted by molar-refractivity contribution is -0.0728. The van der Waals surface area contributed by atoms with Crippen molar-refractivity contribution in [3.8, 4) is 28.7 Å². The fraction of sp³-hybridized carbons (Fsp3) is 0.613. The molecule has 0 aromatic heterocycles. The standard InChI is InChI=1S/C31H44O7/c1-36-26-19-22(20-27(37-2)30(26)35)12-15-29(34)31(16-6-7-17-31)28(33)14-11-21-10-13-24(32)25(18-21)38-23-8-4-3-5-9-23/h10,13,18-20,23,28-29,32-35H,3-9,11-12,14-17H2,1-2H3. The predicted molar refractivity (Wildman–Crippen MR) is 146 cm³/mol. The second-order valence-corrected chi connectivity index (χ2v) is 11.1. The quantitative estimate of drug-likeness (QED) is 0.281. The number of aromatic hydroxyl groups is 2. The highest BCUT2D eigenvalue weighted by molar-refractivity contribution is 5.52. The van der Waals surface area contributed by atoms with Crippen LogP contribution in [0.25, 0.3) is 0 Å². The molecule has 2 unspecified atom stereocenters. The van der Waals surface area contributed by atoms with E-state index in [9.17, 15) is 20.4 Å². The van der Waals surface area contributed by atoms with Crippen molar-refractivity contribution >= 4 is 0 Å². The van der Waals surface area contributed by atoms with Crippen LogP contribution >= 0.6 is 0 Å². The first-order valence-electron chi connectivity index (χ1n) is 14.1. The summed E-state index contributed by atoms with van der Waals surface area (Å²) in [4.78, 5) is 0.